The van der Waals surface area contributed by atoms with Crippen molar-refractivity contribution in [2.45, 2.75) is 13.8 Å². The number of carbonyl (C=O) groups is 2. The SMILES string of the molecule is COc1ccc(NC(C)=O)cc1NC(=O)c1cnn(-c2cccc(Cl)c2)c1C. The molecule has 0 radical (unpaired) electrons. The highest BCUT2D eigenvalue weighted by Gasteiger charge is 2.17. The molecular formula is C20H19ClN4O3. The molecule has 2 aromatic carbocycles. The fraction of sp³-hybridized carbons (Fsp3) is 0.150. The van der Waals surface area contributed by atoms with E-state index in [1.54, 1.807) is 41.9 Å². The van der Waals surface area contributed by atoms with Crippen molar-refractivity contribution in [1.82, 2.24) is 9.78 Å². The van der Waals surface area contributed by atoms with E-state index >= 15 is 0 Å². The molecule has 28 heavy (non-hydrogen) atoms. The zero-order valence-electron chi connectivity index (χ0n) is 15.6. The summed E-state index contributed by atoms with van der Waals surface area (Å²) in [6, 6.07) is 12.2. The minimum absolute atomic E-state index is 0.207. The van der Waals surface area contributed by atoms with Gasteiger partial charge in [-0.25, -0.2) is 4.68 Å². The molecule has 1 heterocycles. The minimum atomic E-state index is -0.343. The molecule has 2 amide bonds. The molecule has 0 fully saturated rings. The van der Waals surface area contributed by atoms with Crippen LogP contribution in [-0.2, 0) is 4.79 Å². The van der Waals surface area contributed by atoms with Gasteiger partial charge in [-0.3, -0.25) is 9.59 Å². The summed E-state index contributed by atoms with van der Waals surface area (Å²) < 4.78 is 6.94. The Morgan fingerprint density at radius 2 is 1.93 bits per heavy atom. The molecule has 0 aliphatic heterocycles. The van der Waals surface area contributed by atoms with Crippen molar-refractivity contribution in [3.05, 3.63) is 64.9 Å². The lowest BCUT2D eigenvalue weighted by Gasteiger charge is -2.12. The number of aromatic nitrogens is 2. The van der Waals surface area contributed by atoms with Crippen LogP contribution in [0, 0.1) is 6.92 Å². The number of ether oxygens (including phenoxy) is 1. The van der Waals surface area contributed by atoms with E-state index in [1.807, 2.05) is 12.1 Å². The highest BCUT2D eigenvalue weighted by atomic mass is 35.5. The van der Waals surface area contributed by atoms with E-state index < -0.39 is 0 Å². The third-order valence-corrected chi connectivity index (χ3v) is 4.31. The zero-order chi connectivity index (χ0) is 20.3. The first kappa shape index (κ1) is 19.4. The van der Waals surface area contributed by atoms with E-state index in [4.69, 9.17) is 16.3 Å². The molecule has 0 saturated heterocycles. The maximum absolute atomic E-state index is 12.8. The topological polar surface area (TPSA) is 85.2 Å². The highest BCUT2D eigenvalue weighted by Crippen LogP contribution is 2.29. The first-order chi connectivity index (χ1) is 13.4. The van der Waals surface area contributed by atoms with Crippen molar-refractivity contribution in [3.8, 4) is 11.4 Å². The lowest BCUT2D eigenvalue weighted by molar-refractivity contribution is -0.114. The zero-order valence-corrected chi connectivity index (χ0v) is 16.4. The van der Waals surface area contributed by atoms with Gasteiger partial charge in [0.25, 0.3) is 5.91 Å². The summed E-state index contributed by atoms with van der Waals surface area (Å²) in [5.74, 6) is -0.0764. The van der Waals surface area contributed by atoms with Gasteiger partial charge in [0, 0.05) is 17.6 Å². The molecule has 0 aliphatic carbocycles. The number of anilines is 2. The average molecular weight is 399 g/mol. The Kier molecular flexibility index (Phi) is 5.65. The lowest BCUT2D eigenvalue weighted by Crippen LogP contribution is -2.14. The Morgan fingerprint density at radius 1 is 1.14 bits per heavy atom. The predicted octanol–water partition coefficient (Wildman–Crippen LogP) is 4.05. The standard InChI is InChI=1S/C20H19ClN4O3/c1-12-17(11-22-25(12)16-6-4-5-14(21)9-16)20(27)24-18-10-15(23-13(2)26)7-8-19(18)28-3/h4-11H,1-3H3,(H,23,26)(H,24,27). The van der Waals surface area contributed by atoms with Gasteiger partial charge in [-0.2, -0.15) is 5.10 Å². The first-order valence-corrected chi connectivity index (χ1v) is 8.84. The van der Waals surface area contributed by atoms with Gasteiger partial charge >= 0.3 is 0 Å². The van der Waals surface area contributed by atoms with Gasteiger partial charge in [0.1, 0.15) is 5.75 Å². The molecule has 0 unspecified atom stereocenters. The van der Waals surface area contributed by atoms with Gasteiger partial charge in [0.15, 0.2) is 0 Å². The molecule has 3 rings (SSSR count). The van der Waals surface area contributed by atoms with E-state index in [2.05, 4.69) is 15.7 Å². The lowest BCUT2D eigenvalue weighted by atomic mass is 10.2. The summed E-state index contributed by atoms with van der Waals surface area (Å²) in [6.45, 7) is 3.21. The number of carbonyl (C=O) groups excluding carboxylic acids is 2. The normalized spacial score (nSPS) is 10.4. The van der Waals surface area contributed by atoms with E-state index in [0.29, 0.717) is 33.4 Å². The van der Waals surface area contributed by atoms with Crippen LogP contribution in [0.5, 0.6) is 5.75 Å². The predicted molar refractivity (Wildman–Crippen MR) is 109 cm³/mol. The summed E-state index contributed by atoms with van der Waals surface area (Å²) in [4.78, 5) is 24.1. The van der Waals surface area contributed by atoms with Gasteiger partial charge in [-0.05, 0) is 43.3 Å². The van der Waals surface area contributed by atoms with E-state index in [1.165, 1.54) is 20.2 Å². The fourth-order valence-corrected chi connectivity index (χ4v) is 2.96. The smallest absolute Gasteiger partial charge is 0.259 e. The number of methoxy groups -OCH3 is 1. The van der Waals surface area contributed by atoms with Crippen molar-refractivity contribution in [2.24, 2.45) is 0 Å². The highest BCUT2D eigenvalue weighted by molar-refractivity contribution is 6.30. The van der Waals surface area contributed by atoms with Crippen molar-refractivity contribution < 1.29 is 14.3 Å². The van der Waals surface area contributed by atoms with Gasteiger partial charge < -0.3 is 15.4 Å². The van der Waals surface area contributed by atoms with E-state index in [0.717, 1.165) is 5.69 Å². The number of halogens is 1. The molecule has 144 valence electrons. The maximum Gasteiger partial charge on any atom is 0.259 e. The number of nitrogens with zero attached hydrogens (tertiary/aromatic N) is 2. The second kappa shape index (κ2) is 8.14. The summed E-state index contributed by atoms with van der Waals surface area (Å²) >= 11 is 6.04. The molecule has 0 bridgehead atoms. The van der Waals surface area contributed by atoms with Crippen LogP contribution in [-0.4, -0.2) is 28.7 Å². The minimum Gasteiger partial charge on any atom is -0.495 e. The van der Waals surface area contributed by atoms with Crippen LogP contribution in [0.4, 0.5) is 11.4 Å². The Labute approximate surface area is 167 Å². The largest absolute Gasteiger partial charge is 0.495 e. The quantitative estimate of drug-likeness (QED) is 0.678. The van der Waals surface area contributed by atoms with Crippen LogP contribution in [0.15, 0.2) is 48.7 Å². The van der Waals surface area contributed by atoms with Crippen LogP contribution in [0.3, 0.4) is 0 Å². The molecule has 3 aromatic rings. The van der Waals surface area contributed by atoms with Crippen LogP contribution in [0.2, 0.25) is 5.02 Å². The van der Waals surface area contributed by atoms with Crippen molar-refractivity contribution in [3.63, 3.8) is 0 Å². The first-order valence-electron chi connectivity index (χ1n) is 8.46. The van der Waals surface area contributed by atoms with Gasteiger partial charge in [0.2, 0.25) is 5.91 Å². The summed E-state index contributed by atoms with van der Waals surface area (Å²) in [6.07, 6.45) is 1.50. The van der Waals surface area contributed by atoms with Crippen LogP contribution in [0.1, 0.15) is 23.0 Å². The van der Waals surface area contributed by atoms with Gasteiger partial charge in [-0.15, -0.1) is 0 Å². The molecule has 0 saturated carbocycles. The third kappa shape index (κ3) is 4.15. The summed E-state index contributed by atoms with van der Waals surface area (Å²) in [5, 5.41) is 10.4. The monoisotopic (exact) mass is 398 g/mol. The Bertz CT molecular complexity index is 1050. The molecule has 7 nitrogen and oxygen atoms in total. The third-order valence-electron chi connectivity index (χ3n) is 4.08. The van der Waals surface area contributed by atoms with Crippen molar-refractivity contribution in [1.29, 1.82) is 0 Å². The number of amides is 2. The fourth-order valence-electron chi connectivity index (χ4n) is 2.78. The number of rotatable bonds is 5. The number of hydrogen-bond acceptors (Lipinski definition) is 4. The maximum atomic E-state index is 12.8. The Hall–Kier alpha value is -3.32. The van der Waals surface area contributed by atoms with Crippen molar-refractivity contribution >= 4 is 34.8 Å². The summed E-state index contributed by atoms with van der Waals surface area (Å²) in [5.41, 5.74) is 2.82. The molecule has 0 spiro atoms. The molecule has 0 atom stereocenters. The number of benzene rings is 2. The molecule has 8 heteroatoms. The molecule has 2 N–H and O–H groups in total. The van der Waals surface area contributed by atoms with E-state index in [-0.39, 0.29) is 11.8 Å². The average Bonchev–Trinajstić information content (AvgIpc) is 3.03. The molecular weight excluding hydrogens is 380 g/mol. The van der Waals surface area contributed by atoms with Crippen LogP contribution >= 0.6 is 11.6 Å². The molecule has 1 aromatic heterocycles. The van der Waals surface area contributed by atoms with E-state index in [9.17, 15) is 9.59 Å². The van der Waals surface area contributed by atoms with Crippen LogP contribution in [0.25, 0.3) is 5.69 Å². The summed E-state index contributed by atoms with van der Waals surface area (Å²) in [7, 11) is 1.51. The van der Waals surface area contributed by atoms with Crippen LogP contribution < -0.4 is 15.4 Å². The van der Waals surface area contributed by atoms with Crippen molar-refractivity contribution in [2.75, 3.05) is 17.7 Å². The molecule has 0 aliphatic rings. The number of hydrogen-bond donors (Lipinski definition) is 2. The van der Waals surface area contributed by atoms with Gasteiger partial charge in [-0.1, -0.05) is 17.7 Å². The van der Waals surface area contributed by atoms with Gasteiger partial charge in [0.05, 0.1) is 35.9 Å². The second-order valence-corrected chi connectivity index (χ2v) is 6.52. The Morgan fingerprint density at radius 3 is 2.61 bits per heavy atom. The number of nitrogens with one attached hydrogen (secondary N) is 2. The Balaban J connectivity index is 1.89. The second-order valence-electron chi connectivity index (χ2n) is 6.09.